The van der Waals surface area contributed by atoms with E-state index in [1.807, 2.05) is 74.6 Å². The van der Waals surface area contributed by atoms with E-state index in [1.165, 1.54) is 17.3 Å². The number of rotatable bonds is 6. The predicted octanol–water partition coefficient (Wildman–Crippen LogP) is 6.77. The minimum atomic E-state index is -0.296. The number of thioether (sulfide) groups is 1. The summed E-state index contributed by atoms with van der Waals surface area (Å²) in [6.07, 6.45) is 1.75. The van der Waals surface area contributed by atoms with Crippen LogP contribution in [0.5, 0.6) is 0 Å². The first-order valence-corrected chi connectivity index (χ1v) is 13.2. The number of aryl methyl sites for hydroxylation is 1. The molecule has 1 aliphatic rings. The molecular formula is C31H29N3O2S. The van der Waals surface area contributed by atoms with Gasteiger partial charge in [0.25, 0.3) is 0 Å². The number of pyridine rings is 1. The molecule has 186 valence electrons. The Kier molecular flexibility index (Phi) is 6.61. The first-order valence-electron chi connectivity index (χ1n) is 12.2. The topological polar surface area (TPSA) is 62.3 Å². The fourth-order valence-electron chi connectivity index (χ4n) is 4.86. The zero-order valence-electron chi connectivity index (χ0n) is 21.4. The van der Waals surface area contributed by atoms with Crippen molar-refractivity contribution in [2.45, 2.75) is 31.2 Å². The third-order valence-corrected chi connectivity index (χ3v) is 7.76. The summed E-state index contributed by atoms with van der Waals surface area (Å²) in [4.78, 5) is 33.1. The minimum absolute atomic E-state index is 0.0766. The quantitative estimate of drug-likeness (QED) is 0.177. The number of likely N-dealkylation sites (N-methyl/N-ethyl adjacent to an activating group) is 1. The molecule has 0 saturated heterocycles. The molecule has 0 spiro atoms. The van der Waals surface area contributed by atoms with Crippen LogP contribution in [0.1, 0.15) is 35.3 Å². The highest BCUT2D eigenvalue weighted by Gasteiger charge is 2.38. The van der Waals surface area contributed by atoms with Gasteiger partial charge in [-0.05, 0) is 42.8 Å². The molecule has 1 aromatic heterocycles. The van der Waals surface area contributed by atoms with Gasteiger partial charge < -0.3 is 10.2 Å². The molecule has 0 unspecified atom stereocenters. The van der Waals surface area contributed by atoms with E-state index < -0.39 is 0 Å². The molecule has 2 heterocycles. The highest BCUT2D eigenvalue weighted by atomic mass is 32.2. The van der Waals surface area contributed by atoms with E-state index in [4.69, 9.17) is 4.98 Å². The van der Waals surface area contributed by atoms with Crippen LogP contribution in [0.15, 0.2) is 95.7 Å². The van der Waals surface area contributed by atoms with Gasteiger partial charge in [0.15, 0.2) is 5.78 Å². The molecule has 0 atom stereocenters. The second-order valence-corrected chi connectivity index (χ2v) is 10.8. The van der Waals surface area contributed by atoms with E-state index in [9.17, 15) is 9.59 Å². The Morgan fingerprint density at radius 1 is 1.00 bits per heavy atom. The molecule has 1 amide bonds. The Morgan fingerprint density at radius 3 is 2.46 bits per heavy atom. The average Bonchev–Trinajstić information content (AvgIpc) is 3.09. The highest BCUT2D eigenvalue weighted by molar-refractivity contribution is 7.99. The lowest BCUT2D eigenvalue weighted by Gasteiger charge is -2.24. The van der Waals surface area contributed by atoms with Crippen LogP contribution >= 0.6 is 11.8 Å². The molecule has 0 fully saturated rings. The smallest absolute Gasteiger partial charge is 0.234 e. The molecule has 0 bridgehead atoms. The van der Waals surface area contributed by atoms with E-state index in [-0.39, 0.29) is 22.9 Å². The number of fused-ring (bicyclic) bond motifs is 2. The summed E-state index contributed by atoms with van der Waals surface area (Å²) in [6.45, 7) is 6.30. The maximum absolute atomic E-state index is 13.7. The molecule has 0 aliphatic carbocycles. The lowest BCUT2D eigenvalue weighted by molar-refractivity contribution is -0.113. The Hall–Kier alpha value is -3.90. The van der Waals surface area contributed by atoms with Gasteiger partial charge >= 0.3 is 0 Å². The van der Waals surface area contributed by atoms with Gasteiger partial charge in [0.05, 0.1) is 16.3 Å². The van der Waals surface area contributed by atoms with Crippen molar-refractivity contribution in [2.75, 3.05) is 23.0 Å². The lowest BCUT2D eigenvalue weighted by Crippen LogP contribution is -2.24. The predicted molar refractivity (Wildman–Crippen MR) is 153 cm³/mol. The van der Waals surface area contributed by atoms with Crippen LogP contribution in [0.4, 0.5) is 11.4 Å². The summed E-state index contributed by atoms with van der Waals surface area (Å²) >= 11 is 1.32. The van der Waals surface area contributed by atoms with Crippen LogP contribution in [0.3, 0.4) is 0 Å². The average molecular weight is 508 g/mol. The van der Waals surface area contributed by atoms with Gasteiger partial charge in [-0.1, -0.05) is 79.7 Å². The van der Waals surface area contributed by atoms with Crippen molar-refractivity contribution in [3.8, 4) is 0 Å². The summed E-state index contributed by atoms with van der Waals surface area (Å²) in [5.74, 6) is -0.00265. The van der Waals surface area contributed by atoms with Gasteiger partial charge in [0, 0.05) is 46.6 Å². The van der Waals surface area contributed by atoms with E-state index >= 15 is 0 Å². The fraction of sp³-hybridized carbons (Fsp3) is 0.194. The van der Waals surface area contributed by atoms with Gasteiger partial charge in [-0.3, -0.25) is 9.59 Å². The number of carbonyl (C=O) groups is 2. The molecule has 5 rings (SSSR count). The van der Waals surface area contributed by atoms with Gasteiger partial charge in [-0.15, -0.1) is 0 Å². The third-order valence-electron chi connectivity index (χ3n) is 6.85. The summed E-state index contributed by atoms with van der Waals surface area (Å²) in [6, 6.07) is 25.4. The molecule has 1 aliphatic heterocycles. The van der Waals surface area contributed by atoms with E-state index in [2.05, 4.69) is 36.2 Å². The number of benzene rings is 3. The van der Waals surface area contributed by atoms with E-state index in [0.29, 0.717) is 10.6 Å². The van der Waals surface area contributed by atoms with E-state index in [0.717, 1.165) is 33.5 Å². The second kappa shape index (κ2) is 9.87. The van der Waals surface area contributed by atoms with Crippen molar-refractivity contribution in [1.82, 2.24) is 4.98 Å². The normalized spacial score (nSPS) is 15.1. The van der Waals surface area contributed by atoms with Crippen LogP contribution in [0, 0.1) is 6.92 Å². The minimum Gasteiger partial charge on any atom is -0.347 e. The van der Waals surface area contributed by atoms with E-state index in [1.54, 1.807) is 12.1 Å². The maximum Gasteiger partial charge on any atom is 0.234 e. The molecule has 6 heteroatoms. The van der Waals surface area contributed by atoms with Crippen LogP contribution in [-0.2, 0) is 10.2 Å². The number of anilines is 2. The zero-order chi connectivity index (χ0) is 26.2. The molecule has 0 saturated carbocycles. The monoisotopic (exact) mass is 507 g/mol. The number of nitrogens with zero attached hydrogens (tertiary/aromatic N) is 2. The number of amides is 1. The molecule has 5 nitrogen and oxygen atoms in total. The molecule has 37 heavy (non-hydrogen) atoms. The third kappa shape index (κ3) is 4.89. The highest BCUT2D eigenvalue weighted by Crippen LogP contribution is 2.46. The summed E-state index contributed by atoms with van der Waals surface area (Å²) < 4.78 is 0. The Morgan fingerprint density at radius 2 is 1.70 bits per heavy atom. The summed E-state index contributed by atoms with van der Waals surface area (Å²) in [5.41, 5.74) is 6.18. The number of hydrogen-bond donors (Lipinski definition) is 1. The number of aromatic nitrogens is 1. The largest absolute Gasteiger partial charge is 0.347 e. The standard InChI is InChI=1S/C31H29N3O2S/c1-20-13-15-21(16-14-20)32-29(36)19-37-30-17-23(22-9-5-7-11-25(22)33-30)27(35)18-28-31(2,3)24-10-6-8-12-26(24)34(28)4/h5-18H,19H2,1-4H3,(H,32,36)/b28-18+. The first kappa shape index (κ1) is 24.8. The Bertz CT molecular complexity index is 1540. The number of ketones is 1. The van der Waals surface area contributed by atoms with Gasteiger partial charge in [-0.2, -0.15) is 0 Å². The number of carbonyl (C=O) groups excluding carboxylic acids is 2. The van der Waals surface area contributed by atoms with Crippen molar-refractivity contribution in [2.24, 2.45) is 0 Å². The molecule has 3 aromatic carbocycles. The summed E-state index contributed by atoms with van der Waals surface area (Å²) in [7, 11) is 2.01. The van der Waals surface area contributed by atoms with Crippen molar-refractivity contribution < 1.29 is 9.59 Å². The van der Waals surface area contributed by atoms with Gasteiger partial charge in [0.2, 0.25) is 5.91 Å². The number of hydrogen-bond acceptors (Lipinski definition) is 5. The van der Waals surface area contributed by atoms with Crippen molar-refractivity contribution in [3.63, 3.8) is 0 Å². The summed E-state index contributed by atoms with van der Waals surface area (Å²) in [5, 5.41) is 4.36. The molecule has 4 aromatic rings. The number of allylic oxidation sites excluding steroid dienone is 2. The van der Waals surface area contributed by atoms with Crippen molar-refractivity contribution >= 4 is 45.7 Å². The van der Waals surface area contributed by atoms with Crippen LogP contribution in [-0.4, -0.2) is 29.5 Å². The SMILES string of the molecule is Cc1ccc(NC(=O)CSc2cc(C(=O)/C=C3/N(C)c4ccccc4C3(C)C)c3ccccc3n2)cc1. The zero-order valence-corrected chi connectivity index (χ0v) is 22.2. The van der Waals surface area contributed by atoms with Crippen LogP contribution in [0.2, 0.25) is 0 Å². The second-order valence-electron chi connectivity index (χ2n) is 9.82. The van der Waals surface area contributed by atoms with Gasteiger partial charge in [0.1, 0.15) is 0 Å². The number of nitrogens with one attached hydrogen (secondary N) is 1. The maximum atomic E-state index is 13.7. The molecular weight excluding hydrogens is 478 g/mol. The molecule has 1 N–H and O–H groups in total. The van der Waals surface area contributed by atoms with Crippen LogP contribution < -0.4 is 10.2 Å². The first-order chi connectivity index (χ1) is 17.7. The van der Waals surface area contributed by atoms with Crippen molar-refractivity contribution in [1.29, 1.82) is 0 Å². The molecule has 0 radical (unpaired) electrons. The fourth-order valence-corrected chi connectivity index (χ4v) is 5.58. The van der Waals surface area contributed by atoms with Crippen LogP contribution in [0.25, 0.3) is 10.9 Å². The lowest BCUT2D eigenvalue weighted by atomic mass is 9.83. The van der Waals surface area contributed by atoms with Crippen molar-refractivity contribution in [3.05, 3.63) is 107 Å². The Labute approximate surface area is 221 Å². The Balaban J connectivity index is 1.42. The number of para-hydroxylation sites is 2. The van der Waals surface area contributed by atoms with Gasteiger partial charge in [-0.25, -0.2) is 4.98 Å².